The molecule has 0 bridgehead atoms. The zero-order valence-electron chi connectivity index (χ0n) is 8.14. The summed E-state index contributed by atoms with van der Waals surface area (Å²) >= 11 is 1.38. The Labute approximate surface area is 91.0 Å². The molecule has 78 valence electrons. The van der Waals surface area contributed by atoms with Crippen molar-refractivity contribution in [1.82, 2.24) is 20.2 Å². The van der Waals surface area contributed by atoms with E-state index in [1.54, 1.807) is 6.20 Å². The smallest absolute Gasteiger partial charge is 0.214 e. The number of pyridine rings is 1. The molecule has 2 N–H and O–H groups in total. The van der Waals surface area contributed by atoms with Gasteiger partial charge in [0, 0.05) is 6.20 Å². The van der Waals surface area contributed by atoms with Gasteiger partial charge in [-0.25, -0.2) is 9.97 Å². The minimum Gasteiger partial charge on any atom is -0.392 e. The van der Waals surface area contributed by atoms with Crippen molar-refractivity contribution in [1.29, 1.82) is 0 Å². The highest BCUT2D eigenvalue weighted by Crippen LogP contribution is 2.21. The molecule has 2 heterocycles. The number of H-pyrrole nitrogens is 1. The summed E-state index contributed by atoms with van der Waals surface area (Å²) in [7, 11) is 0. The third-order valence-corrected chi connectivity index (χ3v) is 2.57. The van der Waals surface area contributed by atoms with Crippen LogP contribution in [0.1, 0.15) is 11.4 Å². The molecule has 0 aliphatic rings. The van der Waals surface area contributed by atoms with Gasteiger partial charge in [-0.1, -0.05) is 6.07 Å². The Bertz CT molecular complexity index is 440. The van der Waals surface area contributed by atoms with Crippen molar-refractivity contribution in [2.45, 2.75) is 23.7 Å². The standard InChI is InChI=1S/C9H10N4OS/c1-6-11-9(13-12-6)15-8-3-2-7(5-14)4-10-8/h2-4,14H,5H2,1H3,(H,11,12,13). The van der Waals surface area contributed by atoms with Crippen LogP contribution in [-0.4, -0.2) is 25.3 Å². The fraction of sp³-hybridized carbons (Fsp3) is 0.222. The van der Waals surface area contributed by atoms with Crippen molar-refractivity contribution >= 4 is 11.8 Å². The number of aliphatic hydroxyl groups excluding tert-OH is 1. The van der Waals surface area contributed by atoms with Crippen LogP contribution in [0.3, 0.4) is 0 Å². The van der Waals surface area contributed by atoms with Gasteiger partial charge < -0.3 is 5.11 Å². The van der Waals surface area contributed by atoms with Crippen molar-refractivity contribution in [3.8, 4) is 0 Å². The summed E-state index contributed by atoms with van der Waals surface area (Å²) in [6.07, 6.45) is 1.64. The molecular weight excluding hydrogens is 212 g/mol. The normalized spacial score (nSPS) is 10.5. The van der Waals surface area contributed by atoms with Crippen LogP contribution < -0.4 is 0 Å². The highest BCUT2D eigenvalue weighted by atomic mass is 32.2. The minimum absolute atomic E-state index is 0.0116. The number of hydrogen-bond donors (Lipinski definition) is 2. The highest BCUT2D eigenvalue weighted by Gasteiger charge is 2.03. The first-order chi connectivity index (χ1) is 7.28. The van der Waals surface area contributed by atoms with Gasteiger partial charge in [0.2, 0.25) is 5.16 Å². The van der Waals surface area contributed by atoms with E-state index in [4.69, 9.17) is 5.11 Å². The van der Waals surface area contributed by atoms with E-state index in [0.717, 1.165) is 16.4 Å². The number of nitrogens with one attached hydrogen (secondary N) is 1. The Morgan fingerprint density at radius 1 is 1.47 bits per heavy atom. The van der Waals surface area contributed by atoms with Gasteiger partial charge in [0.05, 0.1) is 6.61 Å². The molecule has 15 heavy (non-hydrogen) atoms. The number of hydrogen-bond acceptors (Lipinski definition) is 5. The lowest BCUT2D eigenvalue weighted by molar-refractivity contribution is 0.281. The fourth-order valence-corrected chi connectivity index (χ4v) is 1.73. The Hall–Kier alpha value is -1.40. The zero-order valence-corrected chi connectivity index (χ0v) is 8.95. The van der Waals surface area contributed by atoms with Gasteiger partial charge in [0.25, 0.3) is 0 Å². The maximum atomic E-state index is 8.85. The highest BCUT2D eigenvalue weighted by molar-refractivity contribution is 7.99. The van der Waals surface area contributed by atoms with Gasteiger partial charge in [-0.2, -0.15) is 0 Å². The molecule has 0 aliphatic carbocycles. The van der Waals surface area contributed by atoms with Crippen LogP contribution in [-0.2, 0) is 6.61 Å². The Balaban J connectivity index is 2.11. The molecule has 0 amide bonds. The first-order valence-corrected chi connectivity index (χ1v) is 5.22. The second-order valence-corrected chi connectivity index (χ2v) is 3.96. The summed E-state index contributed by atoms with van der Waals surface area (Å²) in [6, 6.07) is 3.66. The van der Waals surface area contributed by atoms with Gasteiger partial charge in [-0.05, 0) is 30.3 Å². The van der Waals surface area contributed by atoms with Gasteiger partial charge in [0.15, 0.2) is 0 Å². The summed E-state index contributed by atoms with van der Waals surface area (Å²) in [5, 5.41) is 17.1. The molecule has 0 aromatic carbocycles. The molecule has 0 unspecified atom stereocenters. The molecule has 2 aromatic heterocycles. The lowest BCUT2D eigenvalue weighted by atomic mass is 10.3. The van der Waals surface area contributed by atoms with Crippen LogP contribution in [0.15, 0.2) is 28.5 Å². The topological polar surface area (TPSA) is 74.7 Å². The average Bonchev–Trinajstić information content (AvgIpc) is 2.65. The number of nitrogens with zero attached hydrogens (tertiary/aromatic N) is 3. The van der Waals surface area contributed by atoms with E-state index in [0.29, 0.717) is 5.16 Å². The monoisotopic (exact) mass is 222 g/mol. The Kier molecular flexibility index (Phi) is 2.98. The van der Waals surface area contributed by atoms with E-state index in [1.165, 1.54) is 11.8 Å². The molecule has 0 fully saturated rings. The number of aromatic nitrogens is 4. The first-order valence-electron chi connectivity index (χ1n) is 4.40. The predicted octanol–water partition coefficient (Wildman–Crippen LogP) is 1.15. The Morgan fingerprint density at radius 3 is 2.87 bits per heavy atom. The van der Waals surface area contributed by atoms with Crippen LogP contribution in [0.2, 0.25) is 0 Å². The summed E-state index contributed by atoms with van der Waals surface area (Å²) in [4.78, 5) is 8.32. The number of rotatable bonds is 3. The summed E-state index contributed by atoms with van der Waals surface area (Å²) < 4.78 is 0. The van der Waals surface area contributed by atoms with Crippen molar-refractivity contribution < 1.29 is 5.11 Å². The van der Waals surface area contributed by atoms with Crippen LogP contribution in [0.5, 0.6) is 0 Å². The van der Waals surface area contributed by atoms with Gasteiger partial charge in [-0.3, -0.25) is 5.10 Å². The van der Waals surface area contributed by atoms with Crippen molar-refractivity contribution in [2.24, 2.45) is 0 Å². The second kappa shape index (κ2) is 4.41. The number of aromatic amines is 1. The summed E-state index contributed by atoms with van der Waals surface area (Å²) in [5.41, 5.74) is 0.797. The molecule has 0 saturated carbocycles. The minimum atomic E-state index is 0.0116. The second-order valence-electron chi connectivity index (χ2n) is 2.97. The molecule has 0 atom stereocenters. The molecule has 6 heteroatoms. The summed E-state index contributed by atoms with van der Waals surface area (Å²) in [5.74, 6) is 0.782. The van der Waals surface area contributed by atoms with E-state index in [2.05, 4.69) is 20.2 Å². The fourth-order valence-electron chi connectivity index (χ4n) is 1.03. The average molecular weight is 222 g/mol. The van der Waals surface area contributed by atoms with Crippen LogP contribution in [0.4, 0.5) is 0 Å². The van der Waals surface area contributed by atoms with Crippen LogP contribution in [0.25, 0.3) is 0 Å². The summed E-state index contributed by atoms with van der Waals surface area (Å²) in [6.45, 7) is 1.86. The Morgan fingerprint density at radius 2 is 2.33 bits per heavy atom. The van der Waals surface area contributed by atoms with Crippen LogP contribution in [0, 0.1) is 6.92 Å². The van der Waals surface area contributed by atoms with Crippen LogP contribution >= 0.6 is 11.8 Å². The quantitative estimate of drug-likeness (QED) is 0.814. The van der Waals surface area contributed by atoms with Crippen molar-refractivity contribution in [3.05, 3.63) is 29.7 Å². The molecule has 2 aromatic rings. The van der Waals surface area contributed by atoms with E-state index in [1.807, 2.05) is 19.1 Å². The van der Waals surface area contributed by atoms with E-state index >= 15 is 0 Å². The third kappa shape index (κ3) is 2.54. The molecule has 0 spiro atoms. The third-order valence-electron chi connectivity index (χ3n) is 1.75. The first kappa shape index (κ1) is 10.1. The predicted molar refractivity (Wildman–Crippen MR) is 55.4 cm³/mol. The maximum Gasteiger partial charge on any atom is 0.214 e. The SMILES string of the molecule is Cc1nc(Sc2ccc(CO)cn2)n[nH]1. The van der Waals surface area contributed by atoms with E-state index in [-0.39, 0.29) is 6.61 Å². The molecule has 0 radical (unpaired) electrons. The van der Waals surface area contributed by atoms with Gasteiger partial charge in [-0.15, -0.1) is 5.10 Å². The van der Waals surface area contributed by atoms with Gasteiger partial charge in [0.1, 0.15) is 10.9 Å². The van der Waals surface area contributed by atoms with Crippen molar-refractivity contribution in [3.63, 3.8) is 0 Å². The van der Waals surface area contributed by atoms with E-state index in [9.17, 15) is 0 Å². The number of aliphatic hydroxyl groups is 1. The molecule has 2 rings (SSSR count). The zero-order chi connectivity index (χ0) is 10.7. The maximum absolute atomic E-state index is 8.85. The molecule has 5 nitrogen and oxygen atoms in total. The lowest BCUT2D eigenvalue weighted by Gasteiger charge is -1.97. The van der Waals surface area contributed by atoms with Gasteiger partial charge >= 0.3 is 0 Å². The van der Waals surface area contributed by atoms with Crippen molar-refractivity contribution in [2.75, 3.05) is 0 Å². The number of aryl methyl sites for hydroxylation is 1. The molecular formula is C9H10N4OS. The lowest BCUT2D eigenvalue weighted by Crippen LogP contribution is -1.86. The molecule has 0 saturated heterocycles. The van der Waals surface area contributed by atoms with E-state index < -0.39 is 0 Å². The molecule has 0 aliphatic heterocycles. The largest absolute Gasteiger partial charge is 0.392 e.